The Bertz CT molecular complexity index is 900. The number of hydrogen-bond donors (Lipinski definition) is 0. The molecule has 0 nitrogen and oxygen atoms in total. The van der Waals surface area contributed by atoms with Crippen LogP contribution in [0.1, 0.15) is 21.7 Å². The molecule has 0 N–H and O–H groups in total. The van der Waals surface area contributed by atoms with Gasteiger partial charge in [0.2, 0.25) is 0 Å². The van der Waals surface area contributed by atoms with E-state index in [0.29, 0.717) is 8.19 Å². The van der Waals surface area contributed by atoms with Gasteiger partial charge in [-0.25, -0.2) is 8.19 Å². The fourth-order valence-corrected chi connectivity index (χ4v) is 5.41. The van der Waals surface area contributed by atoms with E-state index >= 15 is 0 Å². The number of halogens is 2. The van der Waals surface area contributed by atoms with Gasteiger partial charge in [0.05, 0.1) is 0 Å². The Balaban J connectivity index is 0.000000569. The second kappa shape index (κ2) is 13.7. The Hall–Kier alpha value is -0.537. The Morgan fingerprint density at radius 2 is 1.07 bits per heavy atom. The molecular formula is C24H25Cl2P2Zr. The van der Waals surface area contributed by atoms with Crippen LogP contribution in [0.4, 0.5) is 0 Å². The van der Waals surface area contributed by atoms with E-state index in [1.54, 1.807) is 10.6 Å². The predicted octanol–water partition coefficient (Wildman–Crippen LogP) is 1.81. The zero-order valence-electron chi connectivity index (χ0n) is 17.1. The zero-order valence-corrected chi connectivity index (χ0v) is 23.1. The molecule has 149 valence electrons. The third-order valence-corrected chi connectivity index (χ3v) is 7.72. The Labute approximate surface area is 210 Å². The number of benzene rings is 2. The van der Waals surface area contributed by atoms with Crippen LogP contribution in [0, 0.1) is 33.8 Å². The van der Waals surface area contributed by atoms with E-state index in [9.17, 15) is 0 Å². The third-order valence-electron chi connectivity index (χ3n) is 4.83. The summed E-state index contributed by atoms with van der Waals surface area (Å²) in [7, 11) is 1.69. The molecule has 0 aliphatic heterocycles. The summed E-state index contributed by atoms with van der Waals surface area (Å²) in [5.74, 6) is 0. The van der Waals surface area contributed by atoms with Crippen LogP contribution in [0.3, 0.4) is 0 Å². The van der Waals surface area contributed by atoms with Gasteiger partial charge in [-0.1, -0.05) is 59.4 Å². The first-order chi connectivity index (χ1) is 12.6. The van der Waals surface area contributed by atoms with Crippen molar-refractivity contribution in [3.8, 4) is 21.7 Å². The van der Waals surface area contributed by atoms with E-state index in [-0.39, 0.29) is 51.0 Å². The normalized spacial score (nSPS) is 9.52. The molecule has 29 heavy (non-hydrogen) atoms. The van der Waals surface area contributed by atoms with E-state index in [2.05, 4.69) is 94.4 Å². The first-order valence-corrected chi connectivity index (χ1v) is 10.9. The fourth-order valence-electron chi connectivity index (χ4n) is 2.92. The summed E-state index contributed by atoms with van der Waals surface area (Å²) in [6.07, 6.45) is 0. The Kier molecular flexibility index (Phi) is 13.4. The van der Waals surface area contributed by atoms with E-state index in [0.717, 1.165) is 8.19 Å². The van der Waals surface area contributed by atoms with Crippen molar-refractivity contribution in [2.45, 2.75) is 27.7 Å². The topological polar surface area (TPSA) is 0 Å². The smallest absolute Gasteiger partial charge is 1.00 e. The molecule has 0 aliphatic carbocycles. The molecule has 4 rings (SSSR count). The molecule has 1 radical (unpaired) electrons. The van der Waals surface area contributed by atoms with Crippen LogP contribution in [-0.4, -0.2) is 0 Å². The molecule has 4 aromatic rings. The maximum Gasteiger partial charge on any atom is 3.00 e. The van der Waals surface area contributed by atoms with Crippen LogP contribution in [0.5, 0.6) is 0 Å². The Morgan fingerprint density at radius 3 is 1.48 bits per heavy atom. The summed E-state index contributed by atoms with van der Waals surface area (Å²) in [6, 6.07) is 26.6. The van der Waals surface area contributed by atoms with Gasteiger partial charge >= 0.3 is 26.2 Å². The van der Waals surface area contributed by atoms with Crippen LogP contribution in [0.15, 0.2) is 66.7 Å². The number of aryl methyl sites for hydroxylation is 2. The van der Waals surface area contributed by atoms with Gasteiger partial charge in [0, 0.05) is 0 Å². The van der Waals surface area contributed by atoms with Gasteiger partial charge in [0.1, 0.15) is 0 Å². The molecule has 0 saturated carbocycles. The van der Waals surface area contributed by atoms with Gasteiger partial charge in [-0.15, -0.1) is 31.2 Å². The molecule has 2 aromatic heterocycles. The molecule has 0 saturated heterocycles. The maximum atomic E-state index is 3.39. The first-order valence-electron chi connectivity index (χ1n) is 8.90. The Morgan fingerprint density at radius 1 is 0.621 bits per heavy atom. The van der Waals surface area contributed by atoms with Crippen LogP contribution in [0.2, 0.25) is 0 Å². The molecule has 0 amide bonds. The monoisotopic (exact) mass is 535 g/mol. The summed E-state index contributed by atoms with van der Waals surface area (Å²) in [5, 5.41) is 5.84. The molecule has 0 fully saturated rings. The average molecular weight is 538 g/mol. The van der Waals surface area contributed by atoms with Gasteiger partial charge in [-0.3, -0.25) is 0 Å². The summed E-state index contributed by atoms with van der Waals surface area (Å²) in [4.78, 5) is 0. The first kappa shape index (κ1) is 28.5. The maximum absolute atomic E-state index is 3.39. The largest absolute Gasteiger partial charge is 3.00 e. The molecule has 1 atom stereocenters. The molecule has 0 spiro atoms. The second-order valence-electron chi connectivity index (χ2n) is 6.56. The molecule has 1 unspecified atom stereocenters. The molecular weight excluding hydrogens is 512 g/mol. The molecule has 2 aromatic carbocycles. The van der Waals surface area contributed by atoms with Crippen molar-refractivity contribution in [1.29, 1.82) is 0 Å². The SMILES string of the molecule is Cc1[pH]c(C)c(C)c1C.[Cl-].[Cl-].[Zr+3].[c-]1cc(-c2ccccc2)[pH]c1-c1ccccc1. The number of rotatable bonds is 2. The quantitative estimate of drug-likeness (QED) is 0.343. The van der Waals surface area contributed by atoms with Crippen molar-refractivity contribution in [3.05, 3.63) is 94.5 Å². The number of hydrogen-bond acceptors (Lipinski definition) is 0. The van der Waals surface area contributed by atoms with Crippen molar-refractivity contribution in [2.75, 3.05) is 0 Å². The molecule has 0 bridgehead atoms. The van der Waals surface area contributed by atoms with Crippen LogP contribution < -0.4 is 24.8 Å². The van der Waals surface area contributed by atoms with E-state index in [1.165, 1.54) is 32.8 Å². The van der Waals surface area contributed by atoms with Gasteiger partial charge in [0.25, 0.3) is 0 Å². The minimum absolute atomic E-state index is 0. The predicted molar refractivity (Wildman–Crippen MR) is 121 cm³/mol. The van der Waals surface area contributed by atoms with Gasteiger partial charge in [-0.05, 0) is 49.4 Å². The zero-order chi connectivity index (χ0) is 18.5. The third kappa shape index (κ3) is 7.58. The van der Waals surface area contributed by atoms with Crippen molar-refractivity contribution in [3.63, 3.8) is 0 Å². The van der Waals surface area contributed by atoms with Crippen LogP contribution in [-0.2, 0) is 26.2 Å². The summed E-state index contributed by atoms with van der Waals surface area (Å²) in [5.41, 5.74) is 5.63. The summed E-state index contributed by atoms with van der Waals surface area (Å²) in [6.45, 7) is 8.89. The van der Waals surface area contributed by atoms with E-state index in [4.69, 9.17) is 0 Å². The summed E-state index contributed by atoms with van der Waals surface area (Å²) >= 11 is 0. The van der Waals surface area contributed by atoms with Gasteiger partial charge in [0.15, 0.2) is 0 Å². The minimum Gasteiger partial charge on any atom is -1.00 e. The second-order valence-corrected chi connectivity index (χ2v) is 9.60. The molecule has 0 aliphatic rings. The molecule has 2 heterocycles. The summed E-state index contributed by atoms with van der Waals surface area (Å²) < 4.78 is 0. The van der Waals surface area contributed by atoms with Gasteiger partial charge in [-0.2, -0.15) is 12.1 Å². The van der Waals surface area contributed by atoms with Crippen molar-refractivity contribution >= 4 is 16.4 Å². The van der Waals surface area contributed by atoms with E-state index in [1.807, 2.05) is 6.07 Å². The van der Waals surface area contributed by atoms with Crippen molar-refractivity contribution < 1.29 is 51.0 Å². The molecule has 5 heteroatoms. The standard InChI is InChI=1S/C16H12P.C8H13P.2ClH.Zr/c1-3-7-13(8-4-1)15-11-12-16(17-15)14-9-5-2-6-10-14;1-5-6(2)8(4)9-7(5)3;;;/h1-11,17H;9H,1-4H3;2*1H;/q-1;;;;+3/p-2. The van der Waals surface area contributed by atoms with Crippen LogP contribution >= 0.6 is 16.4 Å². The minimum atomic E-state index is 0. The average Bonchev–Trinajstić information content (AvgIpc) is 3.26. The van der Waals surface area contributed by atoms with Crippen LogP contribution in [0.25, 0.3) is 21.7 Å². The van der Waals surface area contributed by atoms with E-state index < -0.39 is 0 Å². The van der Waals surface area contributed by atoms with Gasteiger partial charge < -0.3 is 24.8 Å². The van der Waals surface area contributed by atoms with Crippen molar-refractivity contribution in [2.24, 2.45) is 0 Å². The van der Waals surface area contributed by atoms with Crippen molar-refractivity contribution in [1.82, 2.24) is 0 Å². The fraction of sp³-hybridized carbons (Fsp3) is 0.167.